The van der Waals surface area contributed by atoms with Gasteiger partial charge in [-0.3, -0.25) is 4.79 Å². The molecule has 0 fully saturated rings. The Morgan fingerprint density at radius 1 is 1.12 bits per heavy atom. The van der Waals surface area contributed by atoms with E-state index in [1.807, 2.05) is 0 Å². The van der Waals surface area contributed by atoms with E-state index in [1.165, 1.54) is 23.5 Å². The second-order valence-electron chi connectivity index (χ2n) is 5.09. The van der Waals surface area contributed by atoms with Gasteiger partial charge in [-0.1, -0.05) is 35.1 Å². The highest BCUT2D eigenvalue weighted by atomic mass is 35.5. The smallest absolute Gasteiger partial charge is 0.230 e. The van der Waals surface area contributed by atoms with Gasteiger partial charge >= 0.3 is 0 Å². The highest BCUT2D eigenvalue weighted by molar-refractivity contribution is 7.15. The third kappa shape index (κ3) is 5.23. The molecule has 0 aliphatic rings. The number of ether oxygens (including phenoxy) is 1. The quantitative estimate of drug-likeness (QED) is 0.702. The lowest BCUT2D eigenvalue weighted by Gasteiger charge is -2.03. The molecule has 3 rings (SSSR count). The number of carbonyl (C=O) groups is 1. The maximum atomic E-state index is 12.9. The van der Waals surface area contributed by atoms with Gasteiger partial charge in [0, 0.05) is 5.02 Å². The summed E-state index contributed by atoms with van der Waals surface area (Å²) in [4.78, 5) is 12.0. The number of anilines is 1. The summed E-state index contributed by atoms with van der Waals surface area (Å²) in [5.74, 6) is 0.0908. The highest BCUT2D eigenvalue weighted by Gasteiger charge is 2.10. The maximum Gasteiger partial charge on any atom is 0.230 e. The Balaban J connectivity index is 1.51. The van der Waals surface area contributed by atoms with Crippen LogP contribution >= 0.6 is 22.9 Å². The Morgan fingerprint density at radius 3 is 2.56 bits per heavy atom. The summed E-state index contributed by atoms with van der Waals surface area (Å²) in [7, 11) is 0. The Kier molecular flexibility index (Phi) is 5.57. The van der Waals surface area contributed by atoms with E-state index in [2.05, 4.69) is 15.5 Å². The number of hydrogen-bond acceptors (Lipinski definition) is 5. The first-order valence-electron chi connectivity index (χ1n) is 7.33. The lowest BCUT2D eigenvalue weighted by molar-refractivity contribution is -0.115. The van der Waals surface area contributed by atoms with E-state index in [4.69, 9.17) is 16.3 Å². The zero-order valence-corrected chi connectivity index (χ0v) is 14.5. The predicted molar refractivity (Wildman–Crippen MR) is 94.4 cm³/mol. The van der Waals surface area contributed by atoms with E-state index in [-0.39, 0.29) is 24.8 Å². The molecule has 1 heterocycles. The number of rotatable bonds is 6. The van der Waals surface area contributed by atoms with Gasteiger partial charge in [0.1, 0.15) is 18.2 Å². The molecule has 0 saturated carbocycles. The van der Waals surface area contributed by atoms with Crippen molar-refractivity contribution in [1.29, 1.82) is 0 Å². The number of amides is 1. The van der Waals surface area contributed by atoms with Crippen molar-refractivity contribution >= 4 is 34.0 Å². The van der Waals surface area contributed by atoms with Crippen LogP contribution in [0.4, 0.5) is 9.52 Å². The summed E-state index contributed by atoms with van der Waals surface area (Å²) in [5, 5.41) is 12.2. The summed E-state index contributed by atoms with van der Waals surface area (Å²) >= 11 is 7.04. The van der Waals surface area contributed by atoms with Crippen molar-refractivity contribution < 1.29 is 13.9 Å². The molecule has 25 heavy (non-hydrogen) atoms. The van der Waals surface area contributed by atoms with Crippen molar-refractivity contribution in [1.82, 2.24) is 10.2 Å². The van der Waals surface area contributed by atoms with E-state index in [0.29, 0.717) is 20.9 Å². The van der Waals surface area contributed by atoms with Gasteiger partial charge in [0.05, 0.1) is 6.42 Å². The fraction of sp³-hybridized carbons (Fsp3) is 0.118. The molecule has 0 aliphatic heterocycles. The maximum absolute atomic E-state index is 12.9. The van der Waals surface area contributed by atoms with Crippen molar-refractivity contribution in [3.8, 4) is 5.75 Å². The van der Waals surface area contributed by atoms with Crippen LogP contribution in [-0.4, -0.2) is 16.1 Å². The number of aromatic nitrogens is 2. The van der Waals surface area contributed by atoms with Crippen molar-refractivity contribution in [2.75, 3.05) is 5.32 Å². The van der Waals surface area contributed by atoms with Crippen LogP contribution in [0.1, 0.15) is 10.6 Å². The Morgan fingerprint density at radius 2 is 1.84 bits per heavy atom. The van der Waals surface area contributed by atoms with Gasteiger partial charge in [0.15, 0.2) is 5.01 Å². The standard InChI is InChI=1S/C17H13ClFN3O2S/c18-12-3-7-14(8-4-12)24-10-16-21-22-17(25-16)20-15(23)9-11-1-5-13(19)6-2-11/h1-8H,9-10H2,(H,20,22,23). The molecule has 1 aromatic heterocycles. The third-order valence-electron chi connectivity index (χ3n) is 3.17. The van der Waals surface area contributed by atoms with Crippen molar-refractivity contribution in [3.05, 3.63) is 69.9 Å². The van der Waals surface area contributed by atoms with Crippen LogP contribution < -0.4 is 10.1 Å². The van der Waals surface area contributed by atoms with E-state index < -0.39 is 0 Å². The zero-order chi connectivity index (χ0) is 17.6. The molecule has 8 heteroatoms. The number of halogens is 2. The fourth-order valence-electron chi connectivity index (χ4n) is 1.99. The molecule has 0 saturated heterocycles. The number of benzene rings is 2. The van der Waals surface area contributed by atoms with Gasteiger partial charge in [-0.15, -0.1) is 10.2 Å². The summed E-state index contributed by atoms with van der Waals surface area (Å²) in [5.41, 5.74) is 0.717. The molecule has 1 N–H and O–H groups in total. The first-order valence-corrected chi connectivity index (χ1v) is 8.53. The molecular weight excluding hydrogens is 365 g/mol. The van der Waals surface area contributed by atoms with Gasteiger partial charge in [-0.05, 0) is 42.0 Å². The fourth-order valence-corrected chi connectivity index (χ4v) is 2.78. The normalized spacial score (nSPS) is 10.5. The third-order valence-corrected chi connectivity index (χ3v) is 4.23. The minimum atomic E-state index is -0.335. The lowest BCUT2D eigenvalue weighted by Crippen LogP contribution is -2.14. The number of nitrogens with zero attached hydrogens (tertiary/aromatic N) is 2. The summed E-state index contributed by atoms with van der Waals surface area (Å²) in [6.07, 6.45) is 0.135. The molecule has 1 amide bonds. The van der Waals surface area contributed by atoms with Gasteiger partial charge in [-0.2, -0.15) is 0 Å². The minimum absolute atomic E-state index is 0.135. The van der Waals surface area contributed by atoms with Crippen molar-refractivity contribution in [2.24, 2.45) is 0 Å². The van der Waals surface area contributed by atoms with Gasteiger partial charge in [-0.25, -0.2) is 4.39 Å². The largest absolute Gasteiger partial charge is 0.486 e. The van der Waals surface area contributed by atoms with E-state index >= 15 is 0 Å². The van der Waals surface area contributed by atoms with Crippen LogP contribution in [0.3, 0.4) is 0 Å². The Bertz CT molecular complexity index is 853. The second kappa shape index (κ2) is 8.04. The van der Waals surface area contributed by atoms with Crippen molar-refractivity contribution in [2.45, 2.75) is 13.0 Å². The monoisotopic (exact) mass is 377 g/mol. The van der Waals surface area contributed by atoms with E-state index in [9.17, 15) is 9.18 Å². The molecule has 0 aliphatic carbocycles. The van der Waals surface area contributed by atoms with Gasteiger partial charge in [0.25, 0.3) is 0 Å². The average Bonchev–Trinajstić information content (AvgIpc) is 3.04. The van der Waals surface area contributed by atoms with Crippen LogP contribution in [0.25, 0.3) is 0 Å². The second-order valence-corrected chi connectivity index (χ2v) is 6.59. The molecule has 0 atom stereocenters. The zero-order valence-electron chi connectivity index (χ0n) is 12.9. The molecule has 0 radical (unpaired) electrons. The summed E-state index contributed by atoms with van der Waals surface area (Å²) in [6, 6.07) is 12.8. The van der Waals surface area contributed by atoms with E-state index in [1.54, 1.807) is 36.4 Å². The average molecular weight is 378 g/mol. The number of nitrogens with one attached hydrogen (secondary N) is 1. The topological polar surface area (TPSA) is 64.1 Å². The molecule has 0 bridgehead atoms. The Labute approximate surface area is 152 Å². The summed E-state index contributed by atoms with van der Waals surface area (Å²) < 4.78 is 18.4. The molecule has 5 nitrogen and oxygen atoms in total. The molecule has 2 aromatic carbocycles. The number of hydrogen-bond donors (Lipinski definition) is 1. The molecular formula is C17H13ClFN3O2S. The summed E-state index contributed by atoms with van der Waals surface area (Å²) in [6.45, 7) is 0.243. The Hall–Kier alpha value is -2.51. The van der Waals surface area contributed by atoms with Gasteiger partial charge in [0.2, 0.25) is 11.0 Å². The van der Waals surface area contributed by atoms with Gasteiger partial charge < -0.3 is 10.1 Å². The lowest BCUT2D eigenvalue weighted by atomic mass is 10.1. The van der Waals surface area contributed by atoms with Crippen molar-refractivity contribution in [3.63, 3.8) is 0 Å². The first-order chi connectivity index (χ1) is 12.1. The molecule has 128 valence electrons. The minimum Gasteiger partial charge on any atom is -0.486 e. The number of carbonyl (C=O) groups excluding carboxylic acids is 1. The van der Waals surface area contributed by atoms with Crippen LogP contribution in [0.2, 0.25) is 5.02 Å². The predicted octanol–water partition coefficient (Wildman–Crippen LogP) is 4.09. The highest BCUT2D eigenvalue weighted by Crippen LogP contribution is 2.20. The van der Waals surface area contributed by atoms with Crippen LogP contribution in [-0.2, 0) is 17.8 Å². The van der Waals surface area contributed by atoms with Crippen LogP contribution in [0.15, 0.2) is 48.5 Å². The molecule has 3 aromatic rings. The molecule has 0 unspecified atom stereocenters. The van der Waals surface area contributed by atoms with Crippen LogP contribution in [0.5, 0.6) is 5.75 Å². The van der Waals surface area contributed by atoms with Crippen LogP contribution in [0, 0.1) is 5.82 Å². The molecule has 0 spiro atoms. The van der Waals surface area contributed by atoms with E-state index in [0.717, 1.165) is 5.56 Å². The SMILES string of the molecule is O=C(Cc1ccc(F)cc1)Nc1nnc(COc2ccc(Cl)cc2)s1. The first kappa shape index (κ1) is 17.3.